The van der Waals surface area contributed by atoms with Crippen molar-refractivity contribution >= 4 is 0 Å². The quantitative estimate of drug-likeness (QED) is 0.687. The number of nitrogens with one attached hydrogen (secondary N) is 1. The highest BCUT2D eigenvalue weighted by atomic mass is 16.5. The molecule has 0 radical (unpaired) electrons. The van der Waals surface area contributed by atoms with Gasteiger partial charge in [-0.15, -0.1) is 0 Å². The number of likely N-dealkylation sites (tertiary alicyclic amines) is 1. The number of methoxy groups -OCH3 is 1. The van der Waals surface area contributed by atoms with Crippen LogP contribution in [0.2, 0.25) is 0 Å². The summed E-state index contributed by atoms with van der Waals surface area (Å²) in [5, 5.41) is 3.23. The summed E-state index contributed by atoms with van der Waals surface area (Å²) < 4.78 is 5.19. The molecule has 0 saturated carbocycles. The molecular weight excluding hydrogens is 176 g/mol. The van der Waals surface area contributed by atoms with Crippen molar-refractivity contribution in [3.8, 4) is 0 Å². The Balaban J connectivity index is 2.15. The molecule has 1 heterocycles. The molecule has 14 heavy (non-hydrogen) atoms. The number of rotatable bonds is 6. The molecule has 0 amide bonds. The molecule has 0 aliphatic carbocycles. The third kappa shape index (κ3) is 3.95. The van der Waals surface area contributed by atoms with Crippen LogP contribution in [0.15, 0.2) is 0 Å². The summed E-state index contributed by atoms with van der Waals surface area (Å²) in [5.74, 6) is 1.52. The van der Waals surface area contributed by atoms with Crippen LogP contribution in [0.5, 0.6) is 0 Å². The van der Waals surface area contributed by atoms with Crippen molar-refractivity contribution in [3.63, 3.8) is 0 Å². The van der Waals surface area contributed by atoms with Crippen molar-refractivity contribution in [2.45, 2.75) is 13.3 Å². The first kappa shape index (κ1) is 12.0. The predicted octanol–water partition coefficient (Wildman–Crippen LogP) is 0.810. The highest BCUT2D eigenvalue weighted by Crippen LogP contribution is 2.17. The normalized spacial score (nSPS) is 25.5. The Kier molecular flexibility index (Phi) is 5.45. The smallest absolute Gasteiger partial charge is 0.0503 e. The van der Waals surface area contributed by atoms with Gasteiger partial charge in [0.2, 0.25) is 0 Å². The van der Waals surface area contributed by atoms with E-state index >= 15 is 0 Å². The Morgan fingerprint density at radius 3 is 3.00 bits per heavy atom. The molecule has 0 bridgehead atoms. The van der Waals surface area contributed by atoms with Crippen LogP contribution in [0.1, 0.15) is 13.3 Å². The standard InChI is InChI=1S/C11H24N2O/c1-10(6-12-2)7-13-5-4-11(8-13)9-14-3/h10-12H,4-9H2,1-3H3. The summed E-state index contributed by atoms with van der Waals surface area (Å²) in [6, 6.07) is 0. The van der Waals surface area contributed by atoms with Crippen LogP contribution in [0.3, 0.4) is 0 Å². The van der Waals surface area contributed by atoms with E-state index in [1.165, 1.54) is 26.1 Å². The van der Waals surface area contributed by atoms with Gasteiger partial charge in [0.05, 0.1) is 6.61 Å². The number of ether oxygens (including phenoxy) is 1. The van der Waals surface area contributed by atoms with Crippen molar-refractivity contribution in [3.05, 3.63) is 0 Å². The molecule has 0 aromatic heterocycles. The van der Waals surface area contributed by atoms with E-state index in [1.807, 2.05) is 7.05 Å². The zero-order chi connectivity index (χ0) is 10.4. The molecular formula is C11H24N2O. The molecule has 1 fully saturated rings. The molecule has 1 aliphatic heterocycles. The maximum atomic E-state index is 5.19. The lowest BCUT2D eigenvalue weighted by atomic mass is 10.1. The summed E-state index contributed by atoms with van der Waals surface area (Å²) >= 11 is 0. The van der Waals surface area contributed by atoms with Gasteiger partial charge in [0.15, 0.2) is 0 Å². The first-order chi connectivity index (χ1) is 6.76. The fourth-order valence-electron chi connectivity index (χ4n) is 2.30. The Hall–Kier alpha value is -0.120. The molecule has 1 rings (SSSR count). The van der Waals surface area contributed by atoms with Crippen molar-refractivity contribution in [2.75, 3.05) is 46.9 Å². The van der Waals surface area contributed by atoms with Gasteiger partial charge in [0, 0.05) is 20.2 Å². The van der Waals surface area contributed by atoms with Gasteiger partial charge >= 0.3 is 0 Å². The fourth-order valence-corrected chi connectivity index (χ4v) is 2.30. The molecule has 0 aromatic rings. The number of hydrogen-bond acceptors (Lipinski definition) is 3. The van der Waals surface area contributed by atoms with Crippen LogP contribution in [0.4, 0.5) is 0 Å². The van der Waals surface area contributed by atoms with E-state index in [0.717, 1.165) is 25.0 Å². The van der Waals surface area contributed by atoms with Gasteiger partial charge in [-0.2, -0.15) is 0 Å². The van der Waals surface area contributed by atoms with Crippen molar-refractivity contribution < 1.29 is 4.74 Å². The molecule has 0 aromatic carbocycles. The first-order valence-electron chi connectivity index (χ1n) is 5.62. The lowest BCUT2D eigenvalue weighted by Crippen LogP contribution is -2.31. The highest BCUT2D eigenvalue weighted by Gasteiger charge is 2.22. The summed E-state index contributed by atoms with van der Waals surface area (Å²) in [6.45, 7) is 8.05. The highest BCUT2D eigenvalue weighted by molar-refractivity contribution is 4.76. The van der Waals surface area contributed by atoms with Crippen LogP contribution in [-0.2, 0) is 4.74 Å². The first-order valence-corrected chi connectivity index (χ1v) is 5.62. The van der Waals surface area contributed by atoms with Crippen LogP contribution in [-0.4, -0.2) is 51.8 Å². The maximum absolute atomic E-state index is 5.19. The second-order valence-electron chi connectivity index (χ2n) is 4.53. The van der Waals surface area contributed by atoms with Gasteiger partial charge in [-0.1, -0.05) is 6.92 Å². The minimum absolute atomic E-state index is 0.751. The summed E-state index contributed by atoms with van der Waals surface area (Å²) in [4.78, 5) is 2.56. The van der Waals surface area contributed by atoms with Crippen LogP contribution in [0.25, 0.3) is 0 Å². The molecule has 1 saturated heterocycles. The van der Waals surface area contributed by atoms with Gasteiger partial charge < -0.3 is 15.0 Å². The van der Waals surface area contributed by atoms with Crippen molar-refractivity contribution in [1.82, 2.24) is 10.2 Å². The molecule has 1 aliphatic rings. The van der Waals surface area contributed by atoms with Gasteiger partial charge in [0.25, 0.3) is 0 Å². The Morgan fingerprint density at radius 2 is 2.36 bits per heavy atom. The third-order valence-electron chi connectivity index (χ3n) is 2.89. The Labute approximate surface area is 87.8 Å². The average molecular weight is 200 g/mol. The maximum Gasteiger partial charge on any atom is 0.0503 e. The molecule has 84 valence electrons. The van der Waals surface area contributed by atoms with E-state index in [-0.39, 0.29) is 0 Å². The molecule has 3 heteroatoms. The van der Waals surface area contributed by atoms with Crippen LogP contribution >= 0.6 is 0 Å². The number of hydrogen-bond donors (Lipinski definition) is 1. The fraction of sp³-hybridized carbons (Fsp3) is 1.00. The minimum atomic E-state index is 0.751. The second kappa shape index (κ2) is 6.38. The summed E-state index contributed by atoms with van der Waals surface area (Å²) in [5.41, 5.74) is 0. The van der Waals surface area contributed by atoms with Gasteiger partial charge in [-0.3, -0.25) is 0 Å². The van der Waals surface area contributed by atoms with E-state index in [2.05, 4.69) is 17.1 Å². The zero-order valence-corrected chi connectivity index (χ0v) is 9.75. The molecule has 3 nitrogen and oxygen atoms in total. The zero-order valence-electron chi connectivity index (χ0n) is 9.75. The SMILES string of the molecule is CNCC(C)CN1CCC(COC)C1. The predicted molar refractivity (Wildman–Crippen MR) is 59.5 cm³/mol. The summed E-state index contributed by atoms with van der Waals surface area (Å²) in [7, 11) is 3.82. The van der Waals surface area contributed by atoms with E-state index in [0.29, 0.717) is 0 Å². The molecule has 1 N–H and O–H groups in total. The van der Waals surface area contributed by atoms with E-state index < -0.39 is 0 Å². The summed E-state index contributed by atoms with van der Waals surface area (Å²) in [6.07, 6.45) is 1.31. The van der Waals surface area contributed by atoms with Crippen LogP contribution < -0.4 is 5.32 Å². The van der Waals surface area contributed by atoms with Crippen molar-refractivity contribution in [1.29, 1.82) is 0 Å². The van der Waals surface area contributed by atoms with Gasteiger partial charge in [-0.25, -0.2) is 0 Å². The van der Waals surface area contributed by atoms with E-state index in [1.54, 1.807) is 7.11 Å². The van der Waals surface area contributed by atoms with Crippen molar-refractivity contribution in [2.24, 2.45) is 11.8 Å². The van der Waals surface area contributed by atoms with E-state index in [4.69, 9.17) is 4.74 Å². The van der Waals surface area contributed by atoms with E-state index in [9.17, 15) is 0 Å². The Morgan fingerprint density at radius 1 is 1.57 bits per heavy atom. The molecule has 0 spiro atoms. The number of nitrogens with zero attached hydrogens (tertiary/aromatic N) is 1. The van der Waals surface area contributed by atoms with Gasteiger partial charge in [-0.05, 0) is 38.4 Å². The average Bonchev–Trinajstić information content (AvgIpc) is 2.53. The monoisotopic (exact) mass is 200 g/mol. The lowest BCUT2D eigenvalue weighted by molar-refractivity contribution is 0.151. The minimum Gasteiger partial charge on any atom is -0.384 e. The largest absolute Gasteiger partial charge is 0.384 e. The van der Waals surface area contributed by atoms with Crippen LogP contribution in [0, 0.1) is 11.8 Å². The topological polar surface area (TPSA) is 24.5 Å². The molecule has 2 atom stereocenters. The van der Waals surface area contributed by atoms with Gasteiger partial charge in [0.1, 0.15) is 0 Å². The Bertz CT molecular complexity index is 152. The lowest BCUT2D eigenvalue weighted by Gasteiger charge is -2.20. The molecule has 2 unspecified atom stereocenters. The second-order valence-corrected chi connectivity index (χ2v) is 4.53. The third-order valence-corrected chi connectivity index (χ3v) is 2.89.